The summed E-state index contributed by atoms with van der Waals surface area (Å²) < 4.78 is 43.1. The van der Waals surface area contributed by atoms with E-state index in [4.69, 9.17) is 25.8 Å². The van der Waals surface area contributed by atoms with Crippen LogP contribution < -0.4 is 14.8 Å². The number of amides is 1. The smallest absolute Gasteiger partial charge is 0.338 e. The van der Waals surface area contributed by atoms with Crippen LogP contribution in [0, 0.1) is 0 Å². The number of para-hydroxylation sites is 2. The maximum absolute atomic E-state index is 12.8. The number of carbonyl (C=O) groups excluding carboxylic acids is 2. The third kappa shape index (κ3) is 5.95. The van der Waals surface area contributed by atoms with E-state index >= 15 is 0 Å². The van der Waals surface area contributed by atoms with Gasteiger partial charge >= 0.3 is 5.97 Å². The molecule has 9 nitrogen and oxygen atoms in total. The monoisotopic (exact) mass is 496 g/mol. The first-order valence-electron chi connectivity index (χ1n) is 10.4. The van der Waals surface area contributed by atoms with E-state index in [-0.39, 0.29) is 47.8 Å². The van der Waals surface area contributed by atoms with E-state index in [0.29, 0.717) is 11.5 Å². The van der Waals surface area contributed by atoms with Gasteiger partial charge in [-0.15, -0.1) is 0 Å². The predicted octanol–water partition coefficient (Wildman–Crippen LogP) is 2.48. The van der Waals surface area contributed by atoms with Crippen LogP contribution in [0.2, 0.25) is 5.02 Å². The van der Waals surface area contributed by atoms with E-state index < -0.39 is 28.5 Å². The summed E-state index contributed by atoms with van der Waals surface area (Å²) in [5.41, 5.74) is -0.0291. The normalized spacial score (nSPS) is 15.2. The van der Waals surface area contributed by atoms with Crippen LogP contribution in [0.25, 0.3) is 0 Å². The Hall–Kier alpha value is -2.82. The molecule has 178 valence electrons. The third-order valence-electron chi connectivity index (χ3n) is 4.92. The fourth-order valence-electron chi connectivity index (χ4n) is 3.19. The number of esters is 1. The zero-order valence-corrected chi connectivity index (χ0v) is 19.8. The molecule has 1 aliphatic rings. The number of nitrogens with zero attached hydrogens (tertiary/aromatic N) is 1. The largest absolute Gasteiger partial charge is 0.486 e. The van der Waals surface area contributed by atoms with Crippen LogP contribution in [0.1, 0.15) is 24.2 Å². The van der Waals surface area contributed by atoms with Crippen molar-refractivity contribution in [2.75, 3.05) is 32.8 Å². The van der Waals surface area contributed by atoms with Crippen molar-refractivity contribution in [1.29, 1.82) is 0 Å². The van der Waals surface area contributed by atoms with Gasteiger partial charge < -0.3 is 19.5 Å². The van der Waals surface area contributed by atoms with E-state index in [1.165, 1.54) is 16.4 Å². The van der Waals surface area contributed by atoms with Crippen molar-refractivity contribution in [1.82, 2.24) is 9.62 Å². The van der Waals surface area contributed by atoms with E-state index in [9.17, 15) is 18.0 Å². The molecule has 1 heterocycles. The summed E-state index contributed by atoms with van der Waals surface area (Å²) in [6.45, 7) is 3.81. The molecule has 0 saturated heterocycles. The van der Waals surface area contributed by atoms with E-state index in [0.717, 1.165) is 6.07 Å². The number of benzene rings is 2. The fraction of sp³-hybridized carbons (Fsp3) is 0.364. The molecular weight excluding hydrogens is 472 g/mol. The lowest BCUT2D eigenvalue weighted by Gasteiger charge is -2.26. The lowest BCUT2D eigenvalue weighted by Crippen LogP contribution is -2.42. The molecule has 0 fully saturated rings. The van der Waals surface area contributed by atoms with Crippen molar-refractivity contribution in [3.8, 4) is 11.5 Å². The summed E-state index contributed by atoms with van der Waals surface area (Å²) in [4.78, 5) is 24.3. The minimum atomic E-state index is -3.87. The Balaban J connectivity index is 1.55. The minimum Gasteiger partial charge on any atom is -0.486 e. The second-order valence-corrected chi connectivity index (χ2v) is 9.43. The Morgan fingerprint density at radius 2 is 1.85 bits per heavy atom. The van der Waals surface area contributed by atoms with E-state index in [1.54, 1.807) is 26.0 Å². The standard InChI is InChI=1S/C22H25ClN2O7S/c1-3-25(4-2)33(28,29)20-11-15(9-10-17(20)23)22(27)31-14-21(26)24-12-16-13-30-18-7-5-6-8-19(18)32-16/h5-11,16H,3-4,12-14H2,1-2H3,(H,24,26). The number of halogens is 1. The molecule has 1 atom stereocenters. The topological polar surface area (TPSA) is 111 Å². The summed E-state index contributed by atoms with van der Waals surface area (Å²) in [7, 11) is -3.87. The van der Waals surface area contributed by atoms with E-state index in [1.807, 2.05) is 12.1 Å². The van der Waals surface area contributed by atoms with Crippen LogP contribution in [-0.2, 0) is 19.6 Å². The van der Waals surface area contributed by atoms with Crippen LogP contribution in [0.3, 0.4) is 0 Å². The van der Waals surface area contributed by atoms with Crippen molar-refractivity contribution < 1.29 is 32.2 Å². The van der Waals surface area contributed by atoms with Crippen LogP contribution in [0.5, 0.6) is 11.5 Å². The number of ether oxygens (including phenoxy) is 3. The molecule has 0 bridgehead atoms. The second-order valence-electron chi connectivity index (χ2n) is 7.11. The maximum Gasteiger partial charge on any atom is 0.338 e. The Bertz CT molecular complexity index is 1120. The molecule has 1 unspecified atom stereocenters. The van der Waals surface area contributed by atoms with Gasteiger partial charge in [-0.05, 0) is 30.3 Å². The molecule has 0 spiro atoms. The molecular formula is C22H25ClN2O7S. The molecule has 0 aliphatic carbocycles. The highest BCUT2D eigenvalue weighted by Gasteiger charge is 2.26. The maximum atomic E-state index is 12.8. The quantitative estimate of drug-likeness (QED) is 0.531. The summed E-state index contributed by atoms with van der Waals surface area (Å²) in [5, 5.41) is 2.61. The van der Waals surface area contributed by atoms with Gasteiger partial charge in [-0.2, -0.15) is 4.31 Å². The van der Waals surface area contributed by atoms with Crippen LogP contribution in [0.15, 0.2) is 47.4 Å². The van der Waals surface area contributed by atoms with Gasteiger partial charge in [-0.1, -0.05) is 37.6 Å². The van der Waals surface area contributed by atoms with Gasteiger partial charge in [0.05, 0.1) is 17.1 Å². The minimum absolute atomic E-state index is 0.00697. The SMILES string of the molecule is CCN(CC)S(=O)(=O)c1cc(C(=O)OCC(=O)NCC2COc3ccccc3O2)ccc1Cl. The Kier molecular flexibility index (Phi) is 8.17. The Labute approximate surface area is 197 Å². The Morgan fingerprint density at radius 1 is 1.15 bits per heavy atom. The average molecular weight is 497 g/mol. The molecule has 0 saturated carbocycles. The highest BCUT2D eigenvalue weighted by molar-refractivity contribution is 7.89. The highest BCUT2D eigenvalue weighted by atomic mass is 35.5. The average Bonchev–Trinajstić information content (AvgIpc) is 2.81. The molecule has 1 N–H and O–H groups in total. The molecule has 0 aromatic heterocycles. The predicted molar refractivity (Wildman–Crippen MR) is 121 cm³/mol. The van der Waals surface area contributed by atoms with Gasteiger partial charge in [-0.25, -0.2) is 13.2 Å². The van der Waals surface area contributed by atoms with Crippen LogP contribution in [-0.4, -0.2) is 63.6 Å². The molecule has 11 heteroatoms. The van der Waals surface area contributed by atoms with Crippen molar-refractivity contribution in [2.45, 2.75) is 24.8 Å². The van der Waals surface area contributed by atoms with Gasteiger partial charge in [-0.3, -0.25) is 4.79 Å². The first-order valence-corrected chi connectivity index (χ1v) is 12.2. The van der Waals surface area contributed by atoms with Crippen molar-refractivity contribution in [2.24, 2.45) is 0 Å². The second kappa shape index (κ2) is 10.9. The van der Waals surface area contributed by atoms with Gasteiger partial charge in [0.1, 0.15) is 17.6 Å². The highest BCUT2D eigenvalue weighted by Crippen LogP contribution is 2.30. The summed E-state index contributed by atoms with van der Waals surface area (Å²) >= 11 is 6.07. The molecule has 3 rings (SSSR count). The lowest BCUT2D eigenvalue weighted by atomic mass is 10.2. The number of hydrogen-bond acceptors (Lipinski definition) is 7. The molecule has 0 radical (unpaired) electrons. The third-order valence-corrected chi connectivity index (χ3v) is 7.45. The zero-order chi connectivity index (χ0) is 24.0. The first kappa shape index (κ1) is 24.8. The lowest BCUT2D eigenvalue weighted by molar-refractivity contribution is -0.124. The molecule has 2 aromatic carbocycles. The summed E-state index contributed by atoms with van der Waals surface area (Å²) in [5.74, 6) is -0.147. The number of hydrogen-bond donors (Lipinski definition) is 1. The molecule has 33 heavy (non-hydrogen) atoms. The van der Waals surface area contributed by atoms with Crippen molar-refractivity contribution in [3.63, 3.8) is 0 Å². The number of rotatable bonds is 9. The fourth-order valence-corrected chi connectivity index (χ4v) is 5.15. The van der Waals surface area contributed by atoms with Gasteiger partial charge in [0.2, 0.25) is 10.0 Å². The summed E-state index contributed by atoms with van der Waals surface area (Å²) in [6, 6.07) is 11.0. The first-order chi connectivity index (χ1) is 15.8. The Morgan fingerprint density at radius 3 is 2.55 bits per heavy atom. The van der Waals surface area contributed by atoms with Gasteiger partial charge in [0.15, 0.2) is 18.1 Å². The number of carbonyl (C=O) groups is 2. The summed E-state index contributed by atoms with van der Waals surface area (Å²) in [6.07, 6.45) is -0.386. The zero-order valence-electron chi connectivity index (χ0n) is 18.2. The van der Waals surface area contributed by atoms with Crippen LogP contribution in [0.4, 0.5) is 0 Å². The molecule has 2 aromatic rings. The van der Waals surface area contributed by atoms with E-state index in [2.05, 4.69) is 5.32 Å². The van der Waals surface area contributed by atoms with Crippen LogP contribution >= 0.6 is 11.6 Å². The number of fused-ring (bicyclic) bond motifs is 1. The number of sulfonamides is 1. The van der Waals surface area contributed by atoms with Gasteiger partial charge in [0, 0.05) is 13.1 Å². The molecule has 1 amide bonds. The van der Waals surface area contributed by atoms with Crippen molar-refractivity contribution >= 4 is 33.5 Å². The van der Waals surface area contributed by atoms with Gasteiger partial charge in [0.25, 0.3) is 5.91 Å². The molecule has 1 aliphatic heterocycles. The number of nitrogens with one attached hydrogen (secondary N) is 1. The van der Waals surface area contributed by atoms with Crippen molar-refractivity contribution in [3.05, 3.63) is 53.1 Å².